The lowest BCUT2D eigenvalue weighted by Crippen LogP contribution is -2.25. The van der Waals surface area contributed by atoms with E-state index >= 15 is 0 Å². The molecule has 1 atom stereocenters. The van der Waals surface area contributed by atoms with Crippen LogP contribution in [0.2, 0.25) is 0 Å². The standard InChI is InChI=1S/C5H9N3O9/c9-6(10)15-3-1-2-5(17-8(13)14)4-16-7(11)12/h5H,1-4H2. The normalized spacial score (nSPS) is 11.3. The molecule has 0 amide bonds. The molecule has 0 bridgehead atoms. The lowest BCUT2D eigenvalue weighted by Gasteiger charge is -2.12. The first-order chi connectivity index (χ1) is 7.91. The van der Waals surface area contributed by atoms with E-state index in [0.717, 1.165) is 0 Å². The van der Waals surface area contributed by atoms with Crippen molar-refractivity contribution in [2.24, 2.45) is 0 Å². The van der Waals surface area contributed by atoms with Gasteiger partial charge in [-0.05, 0) is 12.8 Å². The van der Waals surface area contributed by atoms with E-state index in [-0.39, 0.29) is 19.4 Å². The number of hydrogen-bond donors (Lipinski definition) is 0. The Morgan fingerprint density at radius 2 is 1.53 bits per heavy atom. The lowest BCUT2D eigenvalue weighted by molar-refractivity contribution is -0.790. The van der Waals surface area contributed by atoms with Crippen LogP contribution in [-0.4, -0.2) is 34.6 Å². The molecule has 0 aliphatic carbocycles. The van der Waals surface area contributed by atoms with Crippen LogP contribution in [0.5, 0.6) is 0 Å². The van der Waals surface area contributed by atoms with Crippen molar-refractivity contribution in [1.82, 2.24) is 0 Å². The summed E-state index contributed by atoms with van der Waals surface area (Å²) < 4.78 is 0. The Hall–Kier alpha value is -2.40. The molecular weight excluding hydrogens is 246 g/mol. The third kappa shape index (κ3) is 9.89. The molecular formula is C5H9N3O9. The second kappa shape index (κ2) is 7.84. The predicted octanol–water partition coefficient (Wildman–Crippen LogP) is -0.240. The van der Waals surface area contributed by atoms with Crippen molar-refractivity contribution < 1.29 is 29.8 Å². The smallest absolute Gasteiger partial charge is 0.294 e. The molecule has 0 N–H and O–H groups in total. The van der Waals surface area contributed by atoms with Crippen LogP contribution in [-0.2, 0) is 14.5 Å². The molecule has 12 nitrogen and oxygen atoms in total. The van der Waals surface area contributed by atoms with Gasteiger partial charge in [0.05, 0.1) is 6.61 Å². The third-order valence-electron chi connectivity index (χ3n) is 1.47. The van der Waals surface area contributed by atoms with Crippen molar-refractivity contribution >= 4 is 0 Å². The Bertz CT molecular complexity index is 282. The minimum atomic E-state index is -1.18. The van der Waals surface area contributed by atoms with Gasteiger partial charge in [-0.15, -0.1) is 30.3 Å². The van der Waals surface area contributed by atoms with E-state index in [4.69, 9.17) is 0 Å². The zero-order chi connectivity index (χ0) is 13.3. The Morgan fingerprint density at radius 1 is 0.941 bits per heavy atom. The van der Waals surface area contributed by atoms with Gasteiger partial charge >= 0.3 is 0 Å². The number of rotatable bonds is 10. The average Bonchev–Trinajstić information content (AvgIpc) is 2.19. The Balaban J connectivity index is 3.88. The minimum Gasteiger partial charge on any atom is -0.314 e. The highest BCUT2D eigenvalue weighted by atomic mass is 17.0. The summed E-state index contributed by atoms with van der Waals surface area (Å²) in [6, 6.07) is 0. The summed E-state index contributed by atoms with van der Waals surface area (Å²) in [7, 11) is 0. The van der Waals surface area contributed by atoms with Gasteiger partial charge in [-0.1, -0.05) is 0 Å². The fraction of sp³-hybridized carbons (Fsp3) is 1.00. The van der Waals surface area contributed by atoms with Gasteiger partial charge in [0.15, 0.2) is 0 Å². The predicted molar refractivity (Wildman–Crippen MR) is 47.0 cm³/mol. The van der Waals surface area contributed by atoms with Gasteiger partial charge in [0.25, 0.3) is 15.3 Å². The molecule has 0 aromatic rings. The molecule has 0 aliphatic rings. The van der Waals surface area contributed by atoms with Crippen molar-refractivity contribution in [1.29, 1.82) is 0 Å². The van der Waals surface area contributed by atoms with E-state index in [9.17, 15) is 30.3 Å². The van der Waals surface area contributed by atoms with Crippen LogP contribution in [0.4, 0.5) is 0 Å². The summed E-state index contributed by atoms with van der Waals surface area (Å²) in [4.78, 5) is 41.6. The van der Waals surface area contributed by atoms with E-state index in [1.807, 2.05) is 0 Å². The summed E-state index contributed by atoms with van der Waals surface area (Å²) in [5.41, 5.74) is 0. The largest absolute Gasteiger partial charge is 0.314 e. The highest BCUT2D eigenvalue weighted by Gasteiger charge is 2.15. The Morgan fingerprint density at radius 3 is 2.00 bits per heavy atom. The summed E-state index contributed by atoms with van der Waals surface area (Å²) in [5.74, 6) is 0. The van der Waals surface area contributed by atoms with E-state index < -0.39 is 28.0 Å². The topological polar surface area (TPSA) is 157 Å². The van der Waals surface area contributed by atoms with Crippen LogP contribution in [0, 0.1) is 30.3 Å². The third-order valence-corrected chi connectivity index (χ3v) is 1.47. The van der Waals surface area contributed by atoms with Crippen molar-refractivity contribution in [3.05, 3.63) is 30.3 Å². The van der Waals surface area contributed by atoms with Crippen LogP contribution < -0.4 is 0 Å². The van der Waals surface area contributed by atoms with Gasteiger partial charge in [0, 0.05) is 0 Å². The van der Waals surface area contributed by atoms with Gasteiger partial charge in [-0.25, -0.2) is 0 Å². The van der Waals surface area contributed by atoms with E-state index in [0.29, 0.717) is 0 Å². The van der Waals surface area contributed by atoms with Crippen LogP contribution >= 0.6 is 0 Å². The second-order valence-corrected chi connectivity index (χ2v) is 2.67. The van der Waals surface area contributed by atoms with Gasteiger partial charge in [0.2, 0.25) is 0 Å². The number of nitrogens with zero attached hydrogens (tertiary/aromatic N) is 3. The van der Waals surface area contributed by atoms with Crippen molar-refractivity contribution in [2.45, 2.75) is 18.9 Å². The summed E-state index contributed by atoms with van der Waals surface area (Å²) in [5, 5.41) is 26.4. The maximum absolute atomic E-state index is 10.0. The van der Waals surface area contributed by atoms with Crippen molar-refractivity contribution in [3.63, 3.8) is 0 Å². The molecule has 0 saturated carbocycles. The molecule has 0 aromatic heterocycles. The Kier molecular flexibility index (Phi) is 6.73. The van der Waals surface area contributed by atoms with Gasteiger partial charge in [-0.2, -0.15) is 0 Å². The van der Waals surface area contributed by atoms with Crippen LogP contribution in [0.25, 0.3) is 0 Å². The molecule has 0 heterocycles. The van der Waals surface area contributed by atoms with E-state index in [1.165, 1.54) is 0 Å². The molecule has 0 rings (SSSR count). The molecule has 0 fully saturated rings. The van der Waals surface area contributed by atoms with Gasteiger partial charge in [-0.3, -0.25) is 0 Å². The minimum absolute atomic E-state index is 0.0529. The highest BCUT2D eigenvalue weighted by molar-refractivity contribution is 4.53. The monoisotopic (exact) mass is 255 g/mol. The van der Waals surface area contributed by atoms with Gasteiger partial charge < -0.3 is 14.5 Å². The molecule has 0 spiro atoms. The zero-order valence-electron chi connectivity index (χ0n) is 8.42. The van der Waals surface area contributed by atoms with Crippen LogP contribution in [0.15, 0.2) is 0 Å². The number of hydrogen-bond acceptors (Lipinski definition) is 9. The van der Waals surface area contributed by atoms with E-state index in [1.54, 1.807) is 0 Å². The fourth-order valence-electron chi connectivity index (χ4n) is 0.882. The zero-order valence-corrected chi connectivity index (χ0v) is 8.42. The average molecular weight is 255 g/mol. The molecule has 17 heavy (non-hydrogen) atoms. The van der Waals surface area contributed by atoms with Gasteiger partial charge in [0.1, 0.15) is 12.7 Å². The Labute approximate surface area is 93.4 Å². The fourth-order valence-corrected chi connectivity index (χ4v) is 0.882. The van der Waals surface area contributed by atoms with Crippen LogP contribution in [0.1, 0.15) is 12.8 Å². The molecule has 0 saturated heterocycles. The molecule has 0 aromatic carbocycles. The molecule has 0 radical (unpaired) electrons. The van der Waals surface area contributed by atoms with Crippen molar-refractivity contribution in [2.75, 3.05) is 13.2 Å². The van der Waals surface area contributed by atoms with Crippen LogP contribution in [0.3, 0.4) is 0 Å². The second-order valence-electron chi connectivity index (χ2n) is 2.67. The molecule has 1 unspecified atom stereocenters. The molecule has 12 heteroatoms. The first-order valence-corrected chi connectivity index (χ1v) is 4.27. The highest BCUT2D eigenvalue weighted by Crippen LogP contribution is 2.04. The molecule has 0 aliphatic heterocycles. The first-order valence-electron chi connectivity index (χ1n) is 4.27. The summed E-state index contributed by atoms with van der Waals surface area (Å²) >= 11 is 0. The first kappa shape index (κ1) is 14.6. The maximum Gasteiger partial charge on any atom is 0.294 e. The summed E-state index contributed by atoms with van der Waals surface area (Å²) in [6.07, 6.45) is -1.17. The van der Waals surface area contributed by atoms with E-state index in [2.05, 4.69) is 14.5 Å². The quantitative estimate of drug-likeness (QED) is 0.291. The lowest BCUT2D eigenvalue weighted by atomic mass is 10.2. The maximum atomic E-state index is 10.0. The van der Waals surface area contributed by atoms with Crippen molar-refractivity contribution in [3.8, 4) is 0 Å². The summed E-state index contributed by atoms with van der Waals surface area (Å²) in [6.45, 7) is -0.921. The molecule has 98 valence electrons. The SMILES string of the molecule is O=[N+]([O-])OCCCC(CO[N+](=O)[O-])O[N+](=O)[O-].